The molecule has 1 saturated carbocycles. The Labute approximate surface area is 120 Å². The third-order valence-corrected chi connectivity index (χ3v) is 5.45. The van der Waals surface area contributed by atoms with Crippen LogP contribution in [0.2, 0.25) is 0 Å². The number of likely N-dealkylation sites (tertiary alicyclic amines) is 1. The highest BCUT2D eigenvalue weighted by Crippen LogP contribution is 2.50. The number of nitrogens with one attached hydrogen (secondary N) is 1. The van der Waals surface area contributed by atoms with Gasteiger partial charge in [0.1, 0.15) is 0 Å². The SMILES string of the molecule is CNC(=O)[C@@H]1CCC[C@]12CCN(C(=O)[C@@H]1CCOC1)C2. The first-order chi connectivity index (χ1) is 9.66. The van der Waals surface area contributed by atoms with Crippen molar-refractivity contribution >= 4 is 11.8 Å². The lowest BCUT2D eigenvalue weighted by Gasteiger charge is -2.30. The third kappa shape index (κ3) is 2.22. The summed E-state index contributed by atoms with van der Waals surface area (Å²) in [5.74, 6) is 0.526. The number of carbonyl (C=O) groups is 2. The van der Waals surface area contributed by atoms with Crippen LogP contribution in [-0.2, 0) is 14.3 Å². The van der Waals surface area contributed by atoms with Crippen LogP contribution in [0.15, 0.2) is 0 Å². The molecule has 0 aromatic heterocycles. The zero-order chi connectivity index (χ0) is 14.2. The van der Waals surface area contributed by atoms with Crippen LogP contribution in [0.4, 0.5) is 0 Å². The molecule has 0 radical (unpaired) electrons. The minimum atomic E-state index is 0.0369. The summed E-state index contributed by atoms with van der Waals surface area (Å²) in [6.45, 7) is 2.85. The van der Waals surface area contributed by atoms with E-state index >= 15 is 0 Å². The van der Waals surface area contributed by atoms with Gasteiger partial charge in [0.05, 0.1) is 12.5 Å². The lowest BCUT2D eigenvalue weighted by molar-refractivity contribution is -0.136. The summed E-state index contributed by atoms with van der Waals surface area (Å²) in [4.78, 5) is 26.5. The van der Waals surface area contributed by atoms with Gasteiger partial charge in [-0.3, -0.25) is 9.59 Å². The molecule has 5 heteroatoms. The van der Waals surface area contributed by atoms with Crippen LogP contribution in [0.5, 0.6) is 0 Å². The lowest BCUT2D eigenvalue weighted by atomic mass is 9.76. The number of hydrogen-bond donors (Lipinski definition) is 1. The van der Waals surface area contributed by atoms with E-state index in [1.54, 1.807) is 7.05 Å². The normalized spacial score (nSPS) is 36.8. The van der Waals surface area contributed by atoms with E-state index in [4.69, 9.17) is 4.74 Å². The first-order valence-electron chi connectivity index (χ1n) is 7.74. The average Bonchev–Trinajstić information content (AvgIpc) is 3.19. The van der Waals surface area contributed by atoms with Gasteiger partial charge in [0.15, 0.2) is 0 Å². The molecule has 3 atom stereocenters. The Morgan fingerprint density at radius 2 is 2.15 bits per heavy atom. The van der Waals surface area contributed by atoms with Crippen LogP contribution in [0.3, 0.4) is 0 Å². The van der Waals surface area contributed by atoms with Gasteiger partial charge in [0, 0.05) is 38.1 Å². The molecule has 0 bridgehead atoms. The summed E-state index contributed by atoms with van der Waals surface area (Å²) in [5.41, 5.74) is 0.0369. The van der Waals surface area contributed by atoms with Crippen molar-refractivity contribution in [3.8, 4) is 0 Å². The van der Waals surface area contributed by atoms with E-state index in [9.17, 15) is 9.59 Å². The van der Waals surface area contributed by atoms with Crippen LogP contribution in [0, 0.1) is 17.3 Å². The second-order valence-electron chi connectivity index (χ2n) is 6.49. The number of amides is 2. The third-order valence-electron chi connectivity index (χ3n) is 5.45. The number of rotatable bonds is 2. The minimum Gasteiger partial charge on any atom is -0.381 e. The Morgan fingerprint density at radius 3 is 2.85 bits per heavy atom. The molecule has 5 nitrogen and oxygen atoms in total. The summed E-state index contributed by atoms with van der Waals surface area (Å²) < 4.78 is 5.32. The standard InChI is InChI=1S/C15H24N2O3/c1-16-13(18)12-3-2-5-15(12)6-7-17(10-15)14(19)11-4-8-20-9-11/h11-12H,2-10H2,1H3,(H,16,18)/t11-,12+,15-/m1/s1. The molecule has 1 spiro atoms. The highest BCUT2D eigenvalue weighted by atomic mass is 16.5. The molecule has 1 N–H and O–H groups in total. The largest absolute Gasteiger partial charge is 0.381 e. The molecule has 2 aliphatic heterocycles. The van der Waals surface area contributed by atoms with Gasteiger partial charge in [-0.15, -0.1) is 0 Å². The maximum Gasteiger partial charge on any atom is 0.228 e. The second-order valence-corrected chi connectivity index (χ2v) is 6.49. The number of hydrogen-bond acceptors (Lipinski definition) is 3. The molecule has 2 heterocycles. The van der Waals surface area contributed by atoms with Crippen molar-refractivity contribution in [2.24, 2.45) is 17.3 Å². The fourth-order valence-electron chi connectivity index (χ4n) is 4.28. The molecule has 2 amide bonds. The zero-order valence-electron chi connectivity index (χ0n) is 12.2. The summed E-state index contributed by atoms with van der Waals surface area (Å²) in [6, 6.07) is 0. The number of carbonyl (C=O) groups excluding carboxylic acids is 2. The summed E-state index contributed by atoms with van der Waals surface area (Å²) in [5, 5.41) is 2.79. The molecule has 0 aromatic carbocycles. The van der Waals surface area contributed by atoms with Crippen LogP contribution in [-0.4, -0.2) is 50.1 Å². The molecule has 3 rings (SSSR count). The fraction of sp³-hybridized carbons (Fsp3) is 0.867. The quantitative estimate of drug-likeness (QED) is 0.813. The van der Waals surface area contributed by atoms with Crippen LogP contribution in [0.25, 0.3) is 0 Å². The number of ether oxygens (including phenoxy) is 1. The van der Waals surface area contributed by atoms with Crippen molar-refractivity contribution < 1.29 is 14.3 Å². The van der Waals surface area contributed by atoms with Gasteiger partial charge in [-0.25, -0.2) is 0 Å². The van der Waals surface area contributed by atoms with E-state index in [0.29, 0.717) is 13.2 Å². The first-order valence-corrected chi connectivity index (χ1v) is 7.74. The maximum absolute atomic E-state index is 12.5. The predicted octanol–water partition coefficient (Wildman–Crippen LogP) is 0.788. The molecule has 3 fully saturated rings. The van der Waals surface area contributed by atoms with Gasteiger partial charge in [0.2, 0.25) is 11.8 Å². The first kappa shape index (κ1) is 13.9. The van der Waals surface area contributed by atoms with Gasteiger partial charge in [-0.2, -0.15) is 0 Å². The molecule has 1 aliphatic carbocycles. The Bertz CT molecular complexity index is 406. The minimum absolute atomic E-state index is 0.0369. The van der Waals surface area contributed by atoms with Crippen LogP contribution >= 0.6 is 0 Å². The van der Waals surface area contributed by atoms with Crippen molar-refractivity contribution in [2.45, 2.75) is 32.1 Å². The van der Waals surface area contributed by atoms with Crippen molar-refractivity contribution in [1.82, 2.24) is 10.2 Å². The molecule has 3 aliphatic rings. The smallest absolute Gasteiger partial charge is 0.228 e. The highest BCUT2D eigenvalue weighted by Gasteiger charge is 2.51. The highest BCUT2D eigenvalue weighted by molar-refractivity contribution is 5.81. The lowest BCUT2D eigenvalue weighted by Crippen LogP contribution is -2.41. The maximum atomic E-state index is 12.5. The van der Waals surface area contributed by atoms with E-state index < -0.39 is 0 Å². The topological polar surface area (TPSA) is 58.6 Å². The Morgan fingerprint density at radius 1 is 1.30 bits per heavy atom. The van der Waals surface area contributed by atoms with Crippen molar-refractivity contribution in [2.75, 3.05) is 33.4 Å². The van der Waals surface area contributed by atoms with E-state index in [1.807, 2.05) is 4.90 Å². The Balaban J connectivity index is 1.68. The fourth-order valence-corrected chi connectivity index (χ4v) is 4.28. The second kappa shape index (κ2) is 5.35. The summed E-state index contributed by atoms with van der Waals surface area (Å²) in [6.07, 6.45) is 4.97. The van der Waals surface area contributed by atoms with E-state index in [2.05, 4.69) is 5.32 Å². The molecular formula is C15H24N2O3. The van der Waals surface area contributed by atoms with Crippen molar-refractivity contribution in [3.63, 3.8) is 0 Å². The Kier molecular flexibility index (Phi) is 3.71. The Hall–Kier alpha value is -1.10. The molecule has 112 valence electrons. The molecular weight excluding hydrogens is 256 g/mol. The van der Waals surface area contributed by atoms with Crippen molar-refractivity contribution in [1.29, 1.82) is 0 Å². The molecule has 0 aromatic rings. The van der Waals surface area contributed by atoms with Gasteiger partial charge >= 0.3 is 0 Å². The predicted molar refractivity (Wildman–Crippen MR) is 74.0 cm³/mol. The van der Waals surface area contributed by atoms with E-state index in [-0.39, 0.29) is 29.1 Å². The molecule has 0 unspecified atom stereocenters. The number of nitrogens with zero attached hydrogens (tertiary/aromatic N) is 1. The van der Waals surface area contributed by atoms with Gasteiger partial charge in [-0.1, -0.05) is 6.42 Å². The van der Waals surface area contributed by atoms with Gasteiger partial charge in [-0.05, 0) is 25.7 Å². The summed E-state index contributed by atoms with van der Waals surface area (Å²) in [7, 11) is 1.71. The molecule has 2 saturated heterocycles. The zero-order valence-corrected chi connectivity index (χ0v) is 12.2. The van der Waals surface area contributed by atoms with E-state index in [0.717, 1.165) is 45.2 Å². The van der Waals surface area contributed by atoms with Crippen LogP contribution in [0.1, 0.15) is 32.1 Å². The van der Waals surface area contributed by atoms with Crippen LogP contribution < -0.4 is 5.32 Å². The average molecular weight is 280 g/mol. The monoisotopic (exact) mass is 280 g/mol. The summed E-state index contributed by atoms with van der Waals surface area (Å²) >= 11 is 0. The molecule has 20 heavy (non-hydrogen) atoms. The van der Waals surface area contributed by atoms with Gasteiger partial charge in [0.25, 0.3) is 0 Å². The van der Waals surface area contributed by atoms with E-state index in [1.165, 1.54) is 0 Å². The van der Waals surface area contributed by atoms with Crippen molar-refractivity contribution in [3.05, 3.63) is 0 Å². The van der Waals surface area contributed by atoms with Gasteiger partial charge < -0.3 is 15.0 Å².